The van der Waals surface area contributed by atoms with Crippen molar-refractivity contribution in [3.05, 3.63) is 68.8 Å². The third-order valence-corrected chi connectivity index (χ3v) is 7.96. The van der Waals surface area contributed by atoms with Crippen molar-refractivity contribution in [1.29, 1.82) is 5.26 Å². The SMILES string of the molecule is CCCC1CC(=O)C2=C(C1)N=C(C)C(C#N)C2c1cc(Br)c(OCc2ccc(C(N)=NC)cc2)c(OCC)c1. The highest BCUT2D eigenvalue weighted by atomic mass is 79.9. The fourth-order valence-corrected chi connectivity index (χ4v) is 6.08. The molecule has 3 atom stereocenters. The van der Waals surface area contributed by atoms with E-state index < -0.39 is 11.8 Å². The topological polar surface area (TPSA) is 110 Å². The lowest BCUT2D eigenvalue weighted by Gasteiger charge is -2.35. The number of Topliss-reactive ketones (excluding diaryl/α,β-unsaturated/α-hetero) is 1. The first kappa shape index (κ1) is 28.6. The fraction of sp³-hybridized carbons (Fsp3) is 0.419. The number of allylic oxidation sites excluding steroid dienone is 2. The van der Waals surface area contributed by atoms with Gasteiger partial charge in [0.25, 0.3) is 0 Å². The van der Waals surface area contributed by atoms with Crippen LogP contribution in [0.15, 0.2) is 62.1 Å². The van der Waals surface area contributed by atoms with Gasteiger partial charge in [0.2, 0.25) is 0 Å². The lowest BCUT2D eigenvalue weighted by Crippen LogP contribution is -2.32. The summed E-state index contributed by atoms with van der Waals surface area (Å²) in [5, 5.41) is 10.1. The van der Waals surface area contributed by atoms with Crippen LogP contribution in [0.3, 0.4) is 0 Å². The number of nitriles is 1. The molecule has 0 amide bonds. The van der Waals surface area contributed by atoms with Crippen LogP contribution in [0.4, 0.5) is 0 Å². The summed E-state index contributed by atoms with van der Waals surface area (Å²) in [6.45, 7) is 6.71. The van der Waals surface area contributed by atoms with Gasteiger partial charge in [-0.1, -0.05) is 37.6 Å². The van der Waals surface area contributed by atoms with Crippen molar-refractivity contribution >= 4 is 33.3 Å². The van der Waals surface area contributed by atoms with Crippen LogP contribution >= 0.6 is 15.9 Å². The molecule has 0 saturated heterocycles. The standard InChI is InChI=1S/C31H35BrN4O3/c1-5-7-20-12-25-29(26(37)13-20)28(23(16-33)18(3)36-25)22-14-24(32)30(27(15-22)38-6-2)39-17-19-8-10-21(11-9-19)31(34)35-4/h8-11,14-15,20,23,28H,5-7,12-13,17H2,1-4H3,(H2,34,35). The van der Waals surface area contributed by atoms with Crippen LogP contribution < -0.4 is 15.2 Å². The maximum Gasteiger partial charge on any atom is 0.175 e. The van der Waals surface area contributed by atoms with Crippen molar-refractivity contribution in [2.24, 2.45) is 27.6 Å². The van der Waals surface area contributed by atoms with Crippen LogP contribution in [-0.4, -0.2) is 31.0 Å². The van der Waals surface area contributed by atoms with E-state index >= 15 is 0 Å². The number of amidine groups is 1. The summed E-state index contributed by atoms with van der Waals surface area (Å²) in [5.41, 5.74) is 10.8. The molecule has 1 aliphatic heterocycles. The quantitative estimate of drug-likeness (QED) is 0.265. The van der Waals surface area contributed by atoms with Gasteiger partial charge in [0, 0.05) is 41.9 Å². The summed E-state index contributed by atoms with van der Waals surface area (Å²) in [7, 11) is 1.66. The van der Waals surface area contributed by atoms with Gasteiger partial charge in [-0.25, -0.2) is 0 Å². The summed E-state index contributed by atoms with van der Waals surface area (Å²) in [6.07, 6.45) is 3.31. The van der Waals surface area contributed by atoms with Crippen molar-refractivity contribution in [1.82, 2.24) is 0 Å². The van der Waals surface area contributed by atoms with E-state index in [0.717, 1.165) is 47.4 Å². The van der Waals surface area contributed by atoms with E-state index in [1.54, 1.807) is 7.05 Å². The van der Waals surface area contributed by atoms with Gasteiger partial charge < -0.3 is 15.2 Å². The molecule has 3 unspecified atom stereocenters. The van der Waals surface area contributed by atoms with Crippen LogP contribution in [0.5, 0.6) is 11.5 Å². The first-order chi connectivity index (χ1) is 18.8. The number of nitrogens with zero attached hydrogens (tertiary/aromatic N) is 3. The fourth-order valence-electron chi connectivity index (χ4n) is 5.50. The zero-order valence-corrected chi connectivity index (χ0v) is 24.5. The number of carbonyl (C=O) groups is 1. The molecule has 0 saturated carbocycles. The number of ether oxygens (including phenoxy) is 2. The van der Waals surface area contributed by atoms with Gasteiger partial charge >= 0.3 is 0 Å². The molecule has 2 aliphatic rings. The molecule has 1 aliphatic carbocycles. The third-order valence-electron chi connectivity index (χ3n) is 7.37. The van der Waals surface area contributed by atoms with Crippen molar-refractivity contribution in [2.75, 3.05) is 13.7 Å². The van der Waals surface area contributed by atoms with Gasteiger partial charge in [0.15, 0.2) is 17.3 Å². The van der Waals surface area contributed by atoms with Crippen LogP contribution in [0.25, 0.3) is 0 Å². The Morgan fingerprint density at radius 2 is 1.95 bits per heavy atom. The minimum atomic E-state index is -0.527. The van der Waals surface area contributed by atoms with Gasteiger partial charge in [-0.05, 0) is 71.8 Å². The lowest BCUT2D eigenvalue weighted by atomic mass is 9.70. The van der Waals surface area contributed by atoms with Crippen LogP contribution in [-0.2, 0) is 11.4 Å². The highest BCUT2D eigenvalue weighted by Gasteiger charge is 2.41. The molecular formula is C31H35BrN4O3. The first-order valence-corrected chi connectivity index (χ1v) is 14.2. The second-order valence-corrected chi connectivity index (χ2v) is 10.9. The molecular weight excluding hydrogens is 556 g/mol. The van der Waals surface area contributed by atoms with Gasteiger partial charge in [-0.15, -0.1) is 0 Å². The average Bonchev–Trinajstić information content (AvgIpc) is 2.92. The Hall–Kier alpha value is -3.44. The largest absolute Gasteiger partial charge is 0.490 e. The Kier molecular flexibility index (Phi) is 9.24. The Morgan fingerprint density at radius 1 is 1.21 bits per heavy atom. The van der Waals surface area contributed by atoms with Gasteiger partial charge in [-0.3, -0.25) is 14.8 Å². The third kappa shape index (κ3) is 6.09. The predicted octanol–water partition coefficient (Wildman–Crippen LogP) is 6.49. The first-order valence-electron chi connectivity index (χ1n) is 13.4. The number of halogens is 1. The van der Waals surface area contributed by atoms with Gasteiger partial charge in [0.1, 0.15) is 12.4 Å². The maximum atomic E-state index is 13.5. The number of ketones is 1. The molecule has 0 radical (unpaired) electrons. The predicted molar refractivity (Wildman–Crippen MR) is 157 cm³/mol. The number of rotatable bonds is 9. The molecule has 39 heavy (non-hydrogen) atoms. The van der Waals surface area contributed by atoms with E-state index in [-0.39, 0.29) is 5.78 Å². The number of aliphatic imine (C=N–C) groups is 2. The Bertz CT molecular complexity index is 1370. The lowest BCUT2D eigenvalue weighted by molar-refractivity contribution is -0.117. The Balaban J connectivity index is 1.68. The smallest absolute Gasteiger partial charge is 0.175 e. The number of hydrogen-bond donors (Lipinski definition) is 1. The number of hydrogen-bond acceptors (Lipinski definition) is 6. The minimum absolute atomic E-state index is 0.0998. The average molecular weight is 592 g/mol. The maximum absolute atomic E-state index is 13.5. The summed E-state index contributed by atoms with van der Waals surface area (Å²) in [6, 6.07) is 14.0. The summed E-state index contributed by atoms with van der Waals surface area (Å²) >= 11 is 3.69. The van der Waals surface area contributed by atoms with E-state index in [4.69, 9.17) is 20.2 Å². The zero-order valence-electron chi connectivity index (χ0n) is 23.0. The molecule has 4 rings (SSSR count). The van der Waals surface area contributed by atoms with Crippen LogP contribution in [0.2, 0.25) is 0 Å². The van der Waals surface area contributed by atoms with E-state index in [1.165, 1.54) is 0 Å². The Labute approximate surface area is 239 Å². The number of benzene rings is 2. The summed E-state index contributed by atoms with van der Waals surface area (Å²) in [4.78, 5) is 22.2. The molecule has 1 heterocycles. The molecule has 2 N–H and O–H groups in total. The van der Waals surface area contributed by atoms with E-state index in [2.05, 4.69) is 33.9 Å². The van der Waals surface area contributed by atoms with E-state index in [1.807, 2.05) is 50.2 Å². The second-order valence-electron chi connectivity index (χ2n) is 10.0. The van der Waals surface area contributed by atoms with Crippen molar-refractivity contribution < 1.29 is 14.3 Å². The van der Waals surface area contributed by atoms with E-state index in [9.17, 15) is 10.1 Å². The normalized spacial score (nSPS) is 21.2. The molecule has 204 valence electrons. The molecule has 2 aromatic rings. The Morgan fingerprint density at radius 3 is 2.59 bits per heavy atom. The highest BCUT2D eigenvalue weighted by Crippen LogP contribution is 2.48. The van der Waals surface area contributed by atoms with Crippen molar-refractivity contribution in [2.45, 2.75) is 59.0 Å². The van der Waals surface area contributed by atoms with Gasteiger partial charge in [0.05, 0.1) is 23.1 Å². The highest BCUT2D eigenvalue weighted by molar-refractivity contribution is 9.10. The number of carbonyl (C=O) groups excluding carboxylic acids is 1. The monoisotopic (exact) mass is 590 g/mol. The minimum Gasteiger partial charge on any atom is -0.490 e. The molecule has 0 spiro atoms. The number of nitrogens with two attached hydrogens (primary N) is 1. The summed E-state index contributed by atoms with van der Waals surface area (Å²) in [5.74, 6) is 1.09. The van der Waals surface area contributed by atoms with Crippen molar-refractivity contribution in [3.63, 3.8) is 0 Å². The van der Waals surface area contributed by atoms with Crippen LogP contribution in [0, 0.1) is 23.2 Å². The molecule has 0 aromatic heterocycles. The molecule has 2 aromatic carbocycles. The zero-order chi connectivity index (χ0) is 28.1. The molecule has 7 nitrogen and oxygen atoms in total. The molecule has 0 bridgehead atoms. The molecule has 0 fully saturated rings. The van der Waals surface area contributed by atoms with E-state index in [0.29, 0.717) is 52.9 Å². The van der Waals surface area contributed by atoms with Crippen LogP contribution in [0.1, 0.15) is 69.1 Å². The molecule has 8 heteroatoms. The second kappa shape index (κ2) is 12.6. The summed E-state index contributed by atoms with van der Waals surface area (Å²) < 4.78 is 12.9. The van der Waals surface area contributed by atoms with Gasteiger partial charge in [-0.2, -0.15) is 5.26 Å². The van der Waals surface area contributed by atoms with Crippen molar-refractivity contribution in [3.8, 4) is 17.6 Å².